The zero-order valence-electron chi connectivity index (χ0n) is 17.5. The average molecular weight is 470 g/mol. The second-order valence-electron chi connectivity index (χ2n) is 7.25. The molecule has 1 fully saturated rings. The van der Waals surface area contributed by atoms with E-state index in [9.17, 15) is 18.4 Å². The maximum atomic E-state index is 13.2. The van der Waals surface area contributed by atoms with Gasteiger partial charge >= 0.3 is 0 Å². The standard InChI is InChI=1S/C23H21F2N5O2S/c24-23(25)33-17-7-5-16(6-8-17)28-19-4-2-1-3-18(19)21(31)29-11-13-30(14-12-29)22(32)20-15-26-9-10-27-20/h1-10,15,23,28H,11-14H2. The minimum atomic E-state index is -2.47. The number of amides is 2. The van der Waals surface area contributed by atoms with E-state index in [-0.39, 0.29) is 17.5 Å². The largest absolute Gasteiger partial charge is 0.355 e. The van der Waals surface area contributed by atoms with Gasteiger partial charge in [-0.15, -0.1) is 0 Å². The Hall–Kier alpha value is -3.53. The van der Waals surface area contributed by atoms with Crippen molar-refractivity contribution in [2.45, 2.75) is 10.7 Å². The van der Waals surface area contributed by atoms with Crippen LogP contribution in [0.5, 0.6) is 0 Å². The number of nitrogens with one attached hydrogen (secondary N) is 1. The molecule has 1 aliphatic rings. The van der Waals surface area contributed by atoms with Gasteiger partial charge in [-0.1, -0.05) is 23.9 Å². The lowest BCUT2D eigenvalue weighted by Crippen LogP contribution is -2.50. The Balaban J connectivity index is 1.41. The number of para-hydroxylation sites is 1. The fraction of sp³-hybridized carbons (Fsp3) is 0.217. The van der Waals surface area contributed by atoms with Crippen LogP contribution in [0.25, 0.3) is 0 Å². The van der Waals surface area contributed by atoms with Crippen molar-refractivity contribution in [1.29, 1.82) is 0 Å². The summed E-state index contributed by atoms with van der Waals surface area (Å²) in [6.07, 6.45) is 4.41. The molecule has 10 heteroatoms. The monoisotopic (exact) mass is 469 g/mol. The van der Waals surface area contributed by atoms with E-state index in [2.05, 4.69) is 15.3 Å². The molecular weight excluding hydrogens is 448 g/mol. The molecule has 1 aliphatic heterocycles. The number of anilines is 2. The quantitative estimate of drug-likeness (QED) is 0.547. The van der Waals surface area contributed by atoms with Gasteiger partial charge in [-0.2, -0.15) is 8.78 Å². The van der Waals surface area contributed by atoms with Crippen molar-refractivity contribution in [1.82, 2.24) is 19.8 Å². The van der Waals surface area contributed by atoms with E-state index in [4.69, 9.17) is 0 Å². The van der Waals surface area contributed by atoms with Gasteiger partial charge in [0.05, 0.1) is 17.4 Å². The van der Waals surface area contributed by atoms with Crippen LogP contribution in [0.1, 0.15) is 20.8 Å². The summed E-state index contributed by atoms with van der Waals surface area (Å²) >= 11 is 0.484. The molecule has 0 aliphatic carbocycles. The molecule has 0 unspecified atom stereocenters. The third-order valence-corrected chi connectivity index (χ3v) is 5.87. The second kappa shape index (κ2) is 10.4. The molecule has 0 saturated carbocycles. The Labute approximate surface area is 193 Å². The van der Waals surface area contributed by atoms with Crippen LogP contribution >= 0.6 is 11.8 Å². The minimum Gasteiger partial charge on any atom is -0.355 e. The van der Waals surface area contributed by atoms with Crippen molar-refractivity contribution < 1.29 is 18.4 Å². The van der Waals surface area contributed by atoms with E-state index in [1.165, 1.54) is 18.6 Å². The molecule has 170 valence electrons. The highest BCUT2D eigenvalue weighted by molar-refractivity contribution is 7.99. The van der Waals surface area contributed by atoms with Crippen molar-refractivity contribution in [3.8, 4) is 0 Å². The molecule has 0 spiro atoms. The number of halogens is 2. The molecule has 2 amide bonds. The van der Waals surface area contributed by atoms with Crippen molar-refractivity contribution in [2.24, 2.45) is 0 Å². The number of aromatic nitrogens is 2. The van der Waals surface area contributed by atoms with Crippen molar-refractivity contribution in [3.63, 3.8) is 0 Å². The second-order valence-corrected chi connectivity index (χ2v) is 8.31. The number of hydrogen-bond donors (Lipinski definition) is 1. The van der Waals surface area contributed by atoms with Crippen LogP contribution in [0.2, 0.25) is 0 Å². The zero-order valence-corrected chi connectivity index (χ0v) is 18.3. The Morgan fingerprint density at radius 3 is 2.21 bits per heavy atom. The number of alkyl halides is 2. The molecule has 3 aromatic rings. The van der Waals surface area contributed by atoms with Gasteiger partial charge in [-0.25, -0.2) is 4.98 Å². The number of hydrogen-bond acceptors (Lipinski definition) is 6. The third kappa shape index (κ3) is 5.64. The van der Waals surface area contributed by atoms with Gasteiger partial charge in [-0.3, -0.25) is 14.6 Å². The highest BCUT2D eigenvalue weighted by atomic mass is 32.2. The molecule has 2 heterocycles. The normalized spacial score (nSPS) is 13.8. The van der Waals surface area contributed by atoms with Crippen LogP contribution in [0, 0.1) is 0 Å². The maximum absolute atomic E-state index is 13.2. The van der Waals surface area contributed by atoms with E-state index < -0.39 is 5.76 Å². The number of piperazine rings is 1. The highest BCUT2D eigenvalue weighted by Crippen LogP contribution is 2.28. The SMILES string of the molecule is O=C(c1cnccn1)N1CCN(C(=O)c2ccccc2Nc2ccc(SC(F)F)cc2)CC1. The molecule has 1 saturated heterocycles. The molecule has 0 bridgehead atoms. The van der Waals surface area contributed by atoms with Crippen LogP contribution in [0.3, 0.4) is 0 Å². The fourth-order valence-corrected chi connectivity index (χ4v) is 4.01. The molecule has 2 aromatic carbocycles. The summed E-state index contributed by atoms with van der Waals surface area (Å²) in [5.74, 6) is -2.82. The van der Waals surface area contributed by atoms with Crippen LogP contribution in [-0.4, -0.2) is 63.5 Å². The lowest BCUT2D eigenvalue weighted by molar-refractivity contribution is 0.0532. The van der Waals surface area contributed by atoms with Gasteiger partial charge in [0.1, 0.15) is 5.69 Å². The molecule has 1 N–H and O–H groups in total. The van der Waals surface area contributed by atoms with Crippen molar-refractivity contribution >= 4 is 35.0 Å². The maximum Gasteiger partial charge on any atom is 0.288 e. The van der Waals surface area contributed by atoms with E-state index in [1.807, 2.05) is 6.07 Å². The summed E-state index contributed by atoms with van der Waals surface area (Å²) in [7, 11) is 0. The first-order chi connectivity index (χ1) is 16.0. The molecule has 0 radical (unpaired) electrons. The Morgan fingerprint density at radius 1 is 0.909 bits per heavy atom. The first-order valence-corrected chi connectivity index (χ1v) is 11.1. The first-order valence-electron chi connectivity index (χ1n) is 10.3. The lowest BCUT2D eigenvalue weighted by Gasteiger charge is -2.34. The van der Waals surface area contributed by atoms with E-state index in [1.54, 1.807) is 52.3 Å². The minimum absolute atomic E-state index is 0.144. The number of benzene rings is 2. The summed E-state index contributed by atoms with van der Waals surface area (Å²) in [6, 6.07) is 13.7. The summed E-state index contributed by atoms with van der Waals surface area (Å²) in [5.41, 5.74) is 2.09. The predicted molar refractivity (Wildman–Crippen MR) is 122 cm³/mol. The molecular formula is C23H21F2N5O2S. The van der Waals surface area contributed by atoms with Gasteiger partial charge in [0.15, 0.2) is 0 Å². The third-order valence-electron chi connectivity index (χ3n) is 5.15. The fourth-order valence-electron chi connectivity index (χ4n) is 3.51. The number of thioether (sulfide) groups is 1. The van der Waals surface area contributed by atoms with E-state index in [0.717, 1.165) is 0 Å². The molecule has 0 atom stereocenters. The summed E-state index contributed by atoms with van der Waals surface area (Å²) in [5, 5.41) is 3.20. The van der Waals surface area contributed by atoms with Crippen LogP contribution in [-0.2, 0) is 0 Å². The van der Waals surface area contributed by atoms with Gasteiger partial charge in [0.25, 0.3) is 17.6 Å². The molecule has 4 rings (SSSR count). The zero-order chi connectivity index (χ0) is 23.2. The first kappa shape index (κ1) is 22.7. The van der Waals surface area contributed by atoms with Crippen molar-refractivity contribution in [3.05, 3.63) is 78.4 Å². The predicted octanol–water partition coefficient (Wildman–Crippen LogP) is 4.13. The topological polar surface area (TPSA) is 78.4 Å². The van der Waals surface area contributed by atoms with Gasteiger partial charge in [-0.05, 0) is 36.4 Å². The van der Waals surface area contributed by atoms with Gasteiger partial charge in [0, 0.05) is 49.2 Å². The Bertz CT molecular complexity index is 1110. The highest BCUT2D eigenvalue weighted by Gasteiger charge is 2.27. The molecule has 1 aromatic heterocycles. The number of nitrogens with zero attached hydrogens (tertiary/aromatic N) is 4. The van der Waals surface area contributed by atoms with E-state index >= 15 is 0 Å². The summed E-state index contributed by atoms with van der Waals surface area (Å²) < 4.78 is 25.0. The Kier molecular flexibility index (Phi) is 7.13. The van der Waals surface area contributed by atoms with Gasteiger partial charge < -0.3 is 15.1 Å². The molecule has 33 heavy (non-hydrogen) atoms. The number of rotatable bonds is 6. The van der Waals surface area contributed by atoms with Gasteiger partial charge in [0.2, 0.25) is 0 Å². The number of carbonyl (C=O) groups excluding carboxylic acids is 2. The van der Waals surface area contributed by atoms with Crippen LogP contribution in [0.15, 0.2) is 72.0 Å². The lowest BCUT2D eigenvalue weighted by atomic mass is 10.1. The smallest absolute Gasteiger partial charge is 0.288 e. The summed E-state index contributed by atoms with van der Waals surface area (Å²) in [6.45, 7) is 1.61. The van der Waals surface area contributed by atoms with E-state index in [0.29, 0.717) is 59.8 Å². The van der Waals surface area contributed by atoms with Crippen LogP contribution in [0.4, 0.5) is 20.2 Å². The number of carbonyl (C=O) groups is 2. The van der Waals surface area contributed by atoms with Crippen molar-refractivity contribution in [2.75, 3.05) is 31.5 Å². The molecule has 7 nitrogen and oxygen atoms in total. The summed E-state index contributed by atoms with van der Waals surface area (Å²) in [4.78, 5) is 37.6. The van der Waals surface area contributed by atoms with Crippen LogP contribution < -0.4 is 5.32 Å². The average Bonchev–Trinajstić information content (AvgIpc) is 2.85. The Morgan fingerprint density at radius 2 is 1.58 bits per heavy atom.